The molecule has 2 aliphatic rings. The number of nitrogens with one attached hydrogen (secondary N) is 1. The number of rotatable bonds is 3. The molecule has 2 unspecified atom stereocenters. The Balaban J connectivity index is 1.76. The summed E-state index contributed by atoms with van der Waals surface area (Å²) in [6.07, 6.45) is -3.32. The highest BCUT2D eigenvalue weighted by Crippen LogP contribution is 2.36. The van der Waals surface area contributed by atoms with Gasteiger partial charge in [0.2, 0.25) is 0 Å². The molecule has 146 valence electrons. The number of hydrogen-bond donors (Lipinski definition) is 1. The number of piperidine rings is 1. The summed E-state index contributed by atoms with van der Waals surface area (Å²) in [5, 5.41) is 2.23. The molecule has 26 heavy (non-hydrogen) atoms. The number of aromatic nitrogens is 1. The van der Waals surface area contributed by atoms with Crippen molar-refractivity contribution in [3.8, 4) is 0 Å². The normalized spacial score (nSPS) is 27.7. The van der Waals surface area contributed by atoms with E-state index in [4.69, 9.17) is 9.26 Å². The lowest BCUT2D eigenvalue weighted by molar-refractivity contribution is -0.177. The molecule has 1 amide bonds. The summed E-state index contributed by atoms with van der Waals surface area (Å²) < 4.78 is 49.6. The van der Waals surface area contributed by atoms with E-state index in [-0.39, 0.29) is 24.4 Å². The van der Waals surface area contributed by atoms with Gasteiger partial charge in [-0.3, -0.25) is 9.69 Å². The van der Waals surface area contributed by atoms with Crippen molar-refractivity contribution in [2.75, 3.05) is 26.7 Å². The van der Waals surface area contributed by atoms with Gasteiger partial charge in [-0.15, -0.1) is 0 Å². The number of carbonyl (C=O) groups excluding carboxylic acids is 1. The van der Waals surface area contributed by atoms with Crippen LogP contribution in [0.1, 0.15) is 37.4 Å². The Morgan fingerprint density at radius 1 is 1.38 bits per heavy atom. The maximum Gasteiger partial charge on any atom is 0.409 e. The molecule has 1 aromatic rings. The molecule has 1 aromatic heterocycles. The zero-order valence-corrected chi connectivity index (χ0v) is 14.4. The van der Waals surface area contributed by atoms with Crippen LogP contribution in [0.5, 0.6) is 0 Å². The number of hydrogen-bond acceptors (Lipinski definition) is 5. The standard InChI is InChI=1S/C16H22F3N3O4/c1-25-15(24)22-6-4-10(12-8-14(23)20-26-12)7-11(22)9-21-5-2-3-13(21)16(17,18)19/h8,10-11,13H,2-7,9H2,1H3,(H,20,23)/t10?,11?,13-/m0/s1. The molecule has 0 radical (unpaired) electrons. The van der Waals surface area contributed by atoms with E-state index in [1.165, 1.54) is 23.0 Å². The maximum atomic E-state index is 13.2. The number of H-pyrrole nitrogens is 1. The van der Waals surface area contributed by atoms with Crippen molar-refractivity contribution in [3.63, 3.8) is 0 Å². The molecule has 10 heteroatoms. The van der Waals surface area contributed by atoms with Crippen LogP contribution in [-0.4, -0.2) is 66.1 Å². The van der Waals surface area contributed by atoms with E-state index in [9.17, 15) is 22.8 Å². The fourth-order valence-electron chi connectivity index (χ4n) is 4.02. The average molecular weight is 377 g/mol. The topological polar surface area (TPSA) is 78.8 Å². The molecule has 0 bridgehead atoms. The van der Waals surface area contributed by atoms with Crippen molar-refractivity contribution in [1.82, 2.24) is 15.0 Å². The summed E-state index contributed by atoms with van der Waals surface area (Å²) in [5.74, 6) is 0.338. The van der Waals surface area contributed by atoms with Gasteiger partial charge in [-0.05, 0) is 32.2 Å². The van der Waals surface area contributed by atoms with Gasteiger partial charge in [-0.1, -0.05) is 0 Å². The highest BCUT2D eigenvalue weighted by molar-refractivity contribution is 5.68. The second kappa shape index (κ2) is 7.34. The molecule has 7 nitrogen and oxygen atoms in total. The molecular weight excluding hydrogens is 355 g/mol. The molecule has 0 aromatic carbocycles. The summed E-state index contributed by atoms with van der Waals surface area (Å²) in [4.78, 5) is 26.2. The van der Waals surface area contributed by atoms with Crippen LogP contribution in [0.25, 0.3) is 0 Å². The lowest BCUT2D eigenvalue weighted by Gasteiger charge is -2.40. The van der Waals surface area contributed by atoms with Crippen LogP contribution in [0.2, 0.25) is 0 Å². The Hall–Kier alpha value is -1.97. The van der Waals surface area contributed by atoms with Crippen LogP contribution in [0, 0.1) is 0 Å². The maximum absolute atomic E-state index is 13.2. The minimum atomic E-state index is -4.28. The number of alkyl halides is 3. The van der Waals surface area contributed by atoms with Crippen LogP contribution in [0.3, 0.4) is 0 Å². The lowest BCUT2D eigenvalue weighted by Crippen LogP contribution is -2.53. The third kappa shape index (κ3) is 3.89. The number of ether oxygens (including phenoxy) is 1. The predicted octanol–water partition coefficient (Wildman–Crippen LogP) is 2.31. The summed E-state index contributed by atoms with van der Waals surface area (Å²) in [7, 11) is 1.26. The Bertz CT molecular complexity index is 687. The van der Waals surface area contributed by atoms with E-state index in [1.54, 1.807) is 0 Å². The van der Waals surface area contributed by atoms with Gasteiger partial charge in [0.15, 0.2) is 0 Å². The third-order valence-electron chi connectivity index (χ3n) is 5.26. The van der Waals surface area contributed by atoms with Gasteiger partial charge in [0.05, 0.1) is 7.11 Å². The highest BCUT2D eigenvalue weighted by atomic mass is 19.4. The van der Waals surface area contributed by atoms with Gasteiger partial charge in [-0.2, -0.15) is 18.3 Å². The van der Waals surface area contributed by atoms with Crippen LogP contribution in [0.15, 0.2) is 15.4 Å². The Morgan fingerprint density at radius 2 is 2.15 bits per heavy atom. The zero-order chi connectivity index (χ0) is 18.9. The molecule has 3 rings (SSSR count). The number of amides is 1. The molecule has 3 heterocycles. The van der Waals surface area contributed by atoms with E-state index >= 15 is 0 Å². The molecule has 1 N–H and O–H groups in total. The number of likely N-dealkylation sites (tertiary alicyclic amines) is 2. The first-order valence-corrected chi connectivity index (χ1v) is 8.63. The number of carbonyl (C=O) groups is 1. The quantitative estimate of drug-likeness (QED) is 0.875. The van der Waals surface area contributed by atoms with Gasteiger partial charge in [0.25, 0.3) is 5.56 Å². The summed E-state index contributed by atoms with van der Waals surface area (Å²) in [5.41, 5.74) is -0.358. The van der Waals surface area contributed by atoms with Crippen molar-refractivity contribution >= 4 is 6.09 Å². The molecule has 0 aliphatic carbocycles. The van der Waals surface area contributed by atoms with Crippen molar-refractivity contribution in [3.05, 3.63) is 22.2 Å². The van der Waals surface area contributed by atoms with E-state index in [0.29, 0.717) is 38.1 Å². The minimum Gasteiger partial charge on any atom is -0.453 e. The first-order chi connectivity index (χ1) is 12.3. The molecular formula is C16H22F3N3O4. The molecule has 3 atom stereocenters. The van der Waals surface area contributed by atoms with E-state index < -0.39 is 24.4 Å². The molecule has 0 spiro atoms. The monoisotopic (exact) mass is 377 g/mol. The summed E-state index contributed by atoms with van der Waals surface area (Å²) in [6, 6.07) is -0.568. The average Bonchev–Trinajstić information content (AvgIpc) is 3.22. The van der Waals surface area contributed by atoms with E-state index in [2.05, 4.69) is 5.16 Å². The summed E-state index contributed by atoms with van der Waals surface area (Å²) in [6.45, 7) is 0.797. The van der Waals surface area contributed by atoms with E-state index in [1.807, 2.05) is 0 Å². The number of halogens is 3. The predicted molar refractivity (Wildman–Crippen MR) is 84.9 cm³/mol. The molecule has 2 saturated heterocycles. The lowest BCUT2D eigenvalue weighted by atomic mass is 9.88. The van der Waals surface area contributed by atoms with Crippen molar-refractivity contribution in [2.45, 2.75) is 49.9 Å². The fraction of sp³-hybridized carbons (Fsp3) is 0.750. The van der Waals surface area contributed by atoms with Gasteiger partial charge >= 0.3 is 12.3 Å². The smallest absolute Gasteiger partial charge is 0.409 e. The fourth-order valence-corrected chi connectivity index (χ4v) is 4.02. The first-order valence-electron chi connectivity index (χ1n) is 8.63. The van der Waals surface area contributed by atoms with Crippen molar-refractivity contribution in [2.24, 2.45) is 0 Å². The van der Waals surface area contributed by atoms with Crippen molar-refractivity contribution in [1.29, 1.82) is 0 Å². The van der Waals surface area contributed by atoms with Crippen LogP contribution in [-0.2, 0) is 4.74 Å². The number of methoxy groups -OCH3 is 1. The minimum absolute atomic E-state index is 0.0740. The van der Waals surface area contributed by atoms with Crippen molar-refractivity contribution < 1.29 is 27.2 Å². The van der Waals surface area contributed by atoms with Gasteiger partial charge < -0.3 is 14.2 Å². The Morgan fingerprint density at radius 3 is 2.77 bits per heavy atom. The van der Waals surface area contributed by atoms with Crippen LogP contribution >= 0.6 is 0 Å². The van der Waals surface area contributed by atoms with Gasteiger partial charge in [0.1, 0.15) is 11.8 Å². The number of aromatic amines is 1. The second-order valence-corrected chi connectivity index (χ2v) is 6.85. The van der Waals surface area contributed by atoms with E-state index in [0.717, 1.165) is 0 Å². The van der Waals surface area contributed by atoms with Gasteiger partial charge in [-0.25, -0.2) is 4.79 Å². The molecule has 2 aliphatic heterocycles. The summed E-state index contributed by atoms with van der Waals surface area (Å²) >= 11 is 0. The Labute approximate surface area is 148 Å². The largest absolute Gasteiger partial charge is 0.453 e. The number of nitrogens with zero attached hydrogens (tertiary/aromatic N) is 2. The second-order valence-electron chi connectivity index (χ2n) is 6.85. The zero-order valence-electron chi connectivity index (χ0n) is 14.4. The van der Waals surface area contributed by atoms with Crippen LogP contribution < -0.4 is 5.56 Å². The first kappa shape index (κ1) is 18.8. The Kier molecular flexibility index (Phi) is 5.31. The SMILES string of the molecule is COC(=O)N1CCC(c2cc(=O)[nH]o2)CC1CN1CCC[C@H]1C(F)(F)F. The van der Waals surface area contributed by atoms with Gasteiger partial charge in [0, 0.05) is 31.1 Å². The molecule has 2 fully saturated rings. The van der Waals surface area contributed by atoms with Crippen LogP contribution in [0.4, 0.5) is 18.0 Å². The highest BCUT2D eigenvalue weighted by Gasteiger charge is 2.47. The molecule has 0 saturated carbocycles. The third-order valence-corrected chi connectivity index (χ3v) is 5.26.